The first-order valence-corrected chi connectivity index (χ1v) is 10.3. The first kappa shape index (κ1) is 23.1. The van der Waals surface area contributed by atoms with E-state index in [2.05, 4.69) is 62.8 Å². The molecule has 0 aliphatic carbocycles. The van der Waals surface area contributed by atoms with Crippen LogP contribution in [0.4, 0.5) is 8.78 Å². The summed E-state index contributed by atoms with van der Waals surface area (Å²) in [6.45, 7) is 16.0. The molecular weight excluding hydrogens is 366 g/mol. The Kier molecular flexibility index (Phi) is 7.20. The maximum Gasteiger partial charge on any atom is 0.245 e. The van der Waals surface area contributed by atoms with Crippen LogP contribution < -0.4 is 5.32 Å². The Morgan fingerprint density at radius 1 is 1.14 bits per heavy atom. The van der Waals surface area contributed by atoms with Gasteiger partial charge in [-0.1, -0.05) is 58.5 Å². The number of halogens is 2. The van der Waals surface area contributed by atoms with Crippen molar-refractivity contribution in [1.82, 2.24) is 10.3 Å². The molecule has 2 nitrogen and oxygen atoms in total. The molecule has 2 rings (SSSR count). The minimum absolute atomic E-state index is 0.0313. The largest absolute Gasteiger partial charge is 0.377 e. The van der Waals surface area contributed by atoms with Crippen molar-refractivity contribution in [3.05, 3.63) is 71.1 Å². The Balaban J connectivity index is 2.08. The predicted octanol–water partition coefficient (Wildman–Crippen LogP) is 6.85. The molecule has 1 atom stereocenters. The summed E-state index contributed by atoms with van der Waals surface area (Å²) in [5.74, 6) is -2.65. The van der Waals surface area contributed by atoms with Gasteiger partial charge >= 0.3 is 0 Å². The molecule has 0 spiro atoms. The number of nitrogens with one attached hydrogen (secondary N) is 1. The van der Waals surface area contributed by atoms with Gasteiger partial charge < -0.3 is 5.32 Å². The Morgan fingerprint density at radius 2 is 1.83 bits per heavy atom. The summed E-state index contributed by atoms with van der Waals surface area (Å²) in [7, 11) is 0. The molecule has 1 heterocycles. The van der Waals surface area contributed by atoms with Crippen LogP contribution in [-0.2, 0) is 18.3 Å². The molecule has 158 valence electrons. The van der Waals surface area contributed by atoms with Crippen LogP contribution in [-0.4, -0.2) is 10.9 Å². The fourth-order valence-corrected chi connectivity index (χ4v) is 3.26. The van der Waals surface area contributed by atoms with E-state index >= 15 is 0 Å². The van der Waals surface area contributed by atoms with E-state index in [1.54, 1.807) is 6.20 Å². The van der Waals surface area contributed by atoms with Crippen molar-refractivity contribution in [3.63, 3.8) is 0 Å². The van der Waals surface area contributed by atoms with Crippen molar-refractivity contribution in [1.29, 1.82) is 0 Å². The third kappa shape index (κ3) is 6.66. The van der Waals surface area contributed by atoms with Crippen LogP contribution in [0.5, 0.6) is 0 Å². The fourth-order valence-electron chi connectivity index (χ4n) is 3.26. The van der Waals surface area contributed by atoms with Crippen molar-refractivity contribution in [2.75, 3.05) is 0 Å². The van der Waals surface area contributed by atoms with Gasteiger partial charge in [0, 0.05) is 23.9 Å². The third-order valence-electron chi connectivity index (χ3n) is 5.21. The van der Waals surface area contributed by atoms with Gasteiger partial charge in [0.05, 0.1) is 11.7 Å². The molecule has 1 aromatic heterocycles. The fraction of sp³-hybridized carbons (Fsp3) is 0.480. The highest BCUT2D eigenvalue weighted by atomic mass is 19.3. The molecule has 0 fully saturated rings. The second-order valence-corrected chi connectivity index (χ2v) is 8.98. The Morgan fingerprint density at radius 3 is 2.34 bits per heavy atom. The van der Waals surface area contributed by atoms with Gasteiger partial charge in [-0.3, -0.25) is 4.98 Å². The van der Waals surface area contributed by atoms with Crippen LogP contribution >= 0.6 is 0 Å². The number of hydrogen-bond acceptors (Lipinski definition) is 2. The van der Waals surface area contributed by atoms with Crippen LogP contribution in [0.15, 0.2) is 43.1 Å². The lowest BCUT2D eigenvalue weighted by Gasteiger charge is -2.23. The summed E-state index contributed by atoms with van der Waals surface area (Å²) >= 11 is 0. The lowest BCUT2D eigenvalue weighted by atomic mass is 9.84. The maximum atomic E-state index is 13.0. The summed E-state index contributed by atoms with van der Waals surface area (Å²) in [6, 6.07) is 10.3. The summed E-state index contributed by atoms with van der Waals surface area (Å²) < 4.78 is 26.1. The average Bonchev–Trinajstić information content (AvgIpc) is 2.64. The first-order valence-electron chi connectivity index (χ1n) is 10.3. The topological polar surface area (TPSA) is 24.9 Å². The van der Waals surface area contributed by atoms with Gasteiger partial charge in [0.25, 0.3) is 0 Å². The van der Waals surface area contributed by atoms with Crippen molar-refractivity contribution in [2.45, 2.75) is 78.2 Å². The molecule has 29 heavy (non-hydrogen) atoms. The molecule has 2 aromatic rings. The molecule has 0 amide bonds. The van der Waals surface area contributed by atoms with Gasteiger partial charge in [0.2, 0.25) is 5.92 Å². The van der Waals surface area contributed by atoms with Gasteiger partial charge in [0.15, 0.2) is 0 Å². The summed E-state index contributed by atoms with van der Waals surface area (Å²) in [5.41, 5.74) is 6.37. The van der Waals surface area contributed by atoms with Crippen LogP contribution in [0, 0.1) is 0 Å². The summed E-state index contributed by atoms with van der Waals surface area (Å²) in [4.78, 5) is 4.47. The van der Waals surface area contributed by atoms with Gasteiger partial charge in [0.1, 0.15) is 0 Å². The molecule has 0 bridgehead atoms. The molecule has 4 heteroatoms. The van der Waals surface area contributed by atoms with Crippen molar-refractivity contribution < 1.29 is 8.78 Å². The highest BCUT2D eigenvalue weighted by Gasteiger charge is 2.20. The maximum absolute atomic E-state index is 13.0. The molecule has 0 aliphatic rings. The van der Waals surface area contributed by atoms with E-state index in [0.717, 1.165) is 35.9 Å². The smallest absolute Gasteiger partial charge is 0.245 e. The highest BCUT2D eigenvalue weighted by molar-refractivity contribution is 5.66. The third-order valence-corrected chi connectivity index (χ3v) is 5.21. The molecule has 1 aromatic carbocycles. The number of pyridine rings is 1. The zero-order valence-electron chi connectivity index (χ0n) is 18.6. The quantitative estimate of drug-likeness (QED) is 0.524. The van der Waals surface area contributed by atoms with Gasteiger partial charge in [-0.15, -0.1) is 0 Å². The molecule has 1 unspecified atom stereocenters. The number of nitrogens with zero attached hydrogens (tertiary/aromatic N) is 1. The van der Waals surface area contributed by atoms with E-state index in [4.69, 9.17) is 0 Å². The lowest BCUT2D eigenvalue weighted by molar-refractivity contribution is 0.0133. The standard InChI is InChI=1S/C25H34F2N2/c1-8-20-15-21(24(4,5)6)10-11-22(20)17(2)29-18(3)23-12-9-19(16-28-23)13-14-25(7,26)27/h9-12,15-16,18,29H,2,8,13-14H2,1,3-7H3. The number of alkyl halides is 2. The minimum atomic E-state index is -2.65. The van der Waals surface area contributed by atoms with E-state index < -0.39 is 5.92 Å². The molecule has 0 aliphatic heterocycles. The Hall–Kier alpha value is -2.23. The molecular formula is C25H34F2N2. The van der Waals surface area contributed by atoms with Crippen LogP contribution in [0.3, 0.4) is 0 Å². The molecule has 0 saturated carbocycles. The zero-order chi connectivity index (χ0) is 21.8. The number of aromatic nitrogens is 1. The van der Waals surface area contributed by atoms with Crippen LogP contribution in [0.25, 0.3) is 5.70 Å². The monoisotopic (exact) mass is 400 g/mol. The van der Waals surface area contributed by atoms with E-state index in [0.29, 0.717) is 6.42 Å². The van der Waals surface area contributed by atoms with E-state index in [9.17, 15) is 8.78 Å². The lowest BCUT2D eigenvalue weighted by Crippen LogP contribution is -2.19. The predicted molar refractivity (Wildman–Crippen MR) is 118 cm³/mol. The van der Waals surface area contributed by atoms with Gasteiger partial charge in [-0.05, 0) is 54.9 Å². The van der Waals surface area contributed by atoms with Crippen molar-refractivity contribution in [3.8, 4) is 0 Å². The van der Waals surface area contributed by atoms with Crippen molar-refractivity contribution in [2.24, 2.45) is 0 Å². The summed E-state index contributed by atoms with van der Waals surface area (Å²) in [6.07, 6.45) is 2.79. The van der Waals surface area contributed by atoms with Gasteiger partial charge in [-0.25, -0.2) is 8.78 Å². The minimum Gasteiger partial charge on any atom is -0.377 e. The molecule has 1 N–H and O–H groups in total. The molecule has 0 radical (unpaired) electrons. The van der Waals surface area contributed by atoms with Crippen LogP contribution in [0.2, 0.25) is 0 Å². The first-order chi connectivity index (χ1) is 13.4. The van der Waals surface area contributed by atoms with E-state index in [1.807, 2.05) is 19.1 Å². The highest BCUT2D eigenvalue weighted by Crippen LogP contribution is 2.28. The number of benzene rings is 1. The van der Waals surface area contributed by atoms with E-state index in [1.165, 1.54) is 11.1 Å². The number of hydrogen-bond donors (Lipinski definition) is 1. The number of aryl methyl sites for hydroxylation is 2. The second-order valence-electron chi connectivity index (χ2n) is 8.98. The normalized spacial score (nSPS) is 13.2. The van der Waals surface area contributed by atoms with Crippen molar-refractivity contribution >= 4 is 5.70 Å². The number of rotatable bonds is 8. The Bertz CT molecular complexity index is 827. The molecule has 0 saturated heterocycles. The second kappa shape index (κ2) is 9.06. The SMILES string of the molecule is C=C(NC(C)c1ccc(CCC(C)(F)F)cn1)c1ccc(C(C)(C)C)cc1CC. The van der Waals surface area contributed by atoms with E-state index in [-0.39, 0.29) is 17.9 Å². The summed E-state index contributed by atoms with van der Waals surface area (Å²) in [5, 5.41) is 3.44. The Labute approximate surface area is 174 Å². The van der Waals surface area contributed by atoms with Crippen LogP contribution in [0.1, 0.15) is 82.0 Å². The average molecular weight is 401 g/mol. The zero-order valence-corrected chi connectivity index (χ0v) is 18.6. The van der Waals surface area contributed by atoms with Gasteiger partial charge in [-0.2, -0.15) is 0 Å².